The zero-order chi connectivity index (χ0) is 13.5. The predicted octanol–water partition coefficient (Wildman–Crippen LogP) is 2.97. The van der Waals surface area contributed by atoms with Crippen LogP contribution in [0, 0.1) is 0 Å². The van der Waals surface area contributed by atoms with Gasteiger partial charge in [0.15, 0.2) is 0 Å². The summed E-state index contributed by atoms with van der Waals surface area (Å²) in [7, 11) is 0. The fourth-order valence-corrected chi connectivity index (χ4v) is 2.82. The van der Waals surface area contributed by atoms with Crippen LogP contribution in [0.3, 0.4) is 0 Å². The molecule has 3 heteroatoms. The van der Waals surface area contributed by atoms with Crippen LogP contribution in [0.5, 0.6) is 0 Å². The van der Waals surface area contributed by atoms with Crippen LogP contribution >= 0.6 is 0 Å². The second kappa shape index (κ2) is 7.51. The van der Waals surface area contributed by atoms with Gasteiger partial charge in [0.1, 0.15) is 0 Å². The highest BCUT2D eigenvalue weighted by atomic mass is 16.5. The molecule has 19 heavy (non-hydrogen) atoms. The van der Waals surface area contributed by atoms with Gasteiger partial charge in [-0.05, 0) is 37.9 Å². The molecule has 0 bridgehead atoms. The monoisotopic (exact) mass is 262 g/mol. The highest BCUT2D eigenvalue weighted by Gasteiger charge is 2.23. The van der Waals surface area contributed by atoms with Gasteiger partial charge in [0.25, 0.3) is 0 Å². The summed E-state index contributed by atoms with van der Waals surface area (Å²) in [6, 6.07) is 9.32. The Bertz CT molecular complexity index is 381. The molecule has 1 aliphatic rings. The average molecular weight is 262 g/mol. The first-order chi connectivity index (χ1) is 9.36. The fraction of sp³-hybridized carbons (Fsp3) is 0.625. The van der Waals surface area contributed by atoms with E-state index in [1.807, 2.05) is 0 Å². The van der Waals surface area contributed by atoms with E-state index in [0.29, 0.717) is 6.04 Å². The molecule has 106 valence electrons. The average Bonchev–Trinajstić information content (AvgIpc) is 2.46. The first kappa shape index (κ1) is 14.4. The van der Waals surface area contributed by atoms with Crippen LogP contribution in [-0.2, 0) is 4.74 Å². The van der Waals surface area contributed by atoms with Crippen molar-refractivity contribution in [2.45, 2.75) is 32.7 Å². The first-order valence-corrected chi connectivity index (χ1v) is 7.51. The van der Waals surface area contributed by atoms with Crippen LogP contribution in [-0.4, -0.2) is 32.8 Å². The van der Waals surface area contributed by atoms with Gasteiger partial charge in [0.05, 0.1) is 0 Å². The molecule has 1 N–H and O–H groups in total. The number of hydrogen-bond acceptors (Lipinski definition) is 3. The molecule has 0 amide bonds. The number of ether oxygens (including phenoxy) is 1. The largest absolute Gasteiger partial charge is 0.382 e. The minimum Gasteiger partial charge on any atom is -0.382 e. The maximum Gasteiger partial charge on any atom is 0.0482 e. The topological polar surface area (TPSA) is 24.5 Å². The van der Waals surface area contributed by atoms with Crippen LogP contribution in [0.15, 0.2) is 24.3 Å². The normalized spacial score (nSPS) is 18.4. The zero-order valence-corrected chi connectivity index (χ0v) is 12.2. The molecule has 1 atom stereocenters. The van der Waals surface area contributed by atoms with Gasteiger partial charge in [-0.1, -0.05) is 25.1 Å². The minimum absolute atomic E-state index is 0.518. The lowest BCUT2D eigenvalue weighted by molar-refractivity contribution is 0.146. The third kappa shape index (κ3) is 3.71. The van der Waals surface area contributed by atoms with Crippen molar-refractivity contribution in [2.75, 3.05) is 37.7 Å². The Labute approximate surface area is 116 Å². The first-order valence-electron chi connectivity index (χ1n) is 7.51. The molecule has 0 radical (unpaired) electrons. The van der Waals surface area contributed by atoms with Gasteiger partial charge in [-0.25, -0.2) is 0 Å². The van der Waals surface area contributed by atoms with Crippen LogP contribution in [0.25, 0.3) is 0 Å². The molecule has 1 aliphatic heterocycles. The maximum atomic E-state index is 5.43. The third-order valence-corrected chi connectivity index (χ3v) is 3.71. The number of hydrogen-bond donors (Lipinski definition) is 1. The Morgan fingerprint density at radius 3 is 2.95 bits per heavy atom. The van der Waals surface area contributed by atoms with Crippen molar-refractivity contribution in [3.05, 3.63) is 29.8 Å². The van der Waals surface area contributed by atoms with Crippen LogP contribution in [0.4, 0.5) is 5.69 Å². The molecular formula is C16H26N2O. The Hall–Kier alpha value is -1.06. The van der Waals surface area contributed by atoms with Gasteiger partial charge < -0.3 is 15.0 Å². The molecule has 2 rings (SSSR count). The van der Waals surface area contributed by atoms with E-state index in [-0.39, 0.29) is 0 Å². The summed E-state index contributed by atoms with van der Waals surface area (Å²) in [4.78, 5) is 2.50. The summed E-state index contributed by atoms with van der Waals surface area (Å²) in [5.41, 5.74) is 2.85. The van der Waals surface area contributed by atoms with E-state index >= 15 is 0 Å². The molecular weight excluding hydrogens is 236 g/mol. The number of nitrogens with zero attached hydrogens (tertiary/aromatic N) is 1. The molecule has 1 unspecified atom stereocenters. The lowest BCUT2D eigenvalue weighted by atomic mass is 9.96. The molecule has 0 spiro atoms. The predicted molar refractivity (Wildman–Crippen MR) is 80.8 cm³/mol. The molecule has 0 saturated heterocycles. The number of benzene rings is 1. The van der Waals surface area contributed by atoms with Gasteiger partial charge in [-0.2, -0.15) is 0 Å². The summed E-state index contributed by atoms with van der Waals surface area (Å²) in [6.07, 6.45) is 2.30. The fourth-order valence-electron chi connectivity index (χ4n) is 2.82. The molecule has 0 aliphatic carbocycles. The maximum absolute atomic E-state index is 5.43. The summed E-state index contributed by atoms with van der Waals surface area (Å²) < 4.78 is 5.43. The van der Waals surface area contributed by atoms with Gasteiger partial charge in [0.2, 0.25) is 0 Å². The van der Waals surface area contributed by atoms with Crippen molar-refractivity contribution < 1.29 is 4.74 Å². The van der Waals surface area contributed by atoms with E-state index in [4.69, 9.17) is 4.74 Å². The summed E-state index contributed by atoms with van der Waals surface area (Å²) >= 11 is 0. The van der Waals surface area contributed by atoms with Crippen molar-refractivity contribution in [3.8, 4) is 0 Å². The number of nitrogens with one attached hydrogen (secondary N) is 1. The number of fused-ring (bicyclic) bond motifs is 1. The second-order valence-corrected chi connectivity index (χ2v) is 5.00. The van der Waals surface area contributed by atoms with E-state index < -0.39 is 0 Å². The van der Waals surface area contributed by atoms with E-state index in [0.717, 1.165) is 39.3 Å². The van der Waals surface area contributed by atoms with Crippen LogP contribution in [0.1, 0.15) is 38.3 Å². The molecule has 3 nitrogen and oxygen atoms in total. The summed E-state index contributed by atoms with van der Waals surface area (Å²) in [5, 5.41) is 3.59. The quantitative estimate of drug-likeness (QED) is 0.765. The van der Waals surface area contributed by atoms with Crippen molar-refractivity contribution in [1.29, 1.82) is 0 Å². The van der Waals surface area contributed by atoms with Crippen molar-refractivity contribution in [2.24, 2.45) is 0 Å². The standard InChI is InChI=1S/C16H26N2O/c1-3-17-15-10-12-18(11-7-13-19-4-2)16-9-6-5-8-14(15)16/h5-6,8-9,15,17H,3-4,7,10-13H2,1-2H3. The molecule has 1 heterocycles. The number of para-hydroxylation sites is 1. The Kier molecular flexibility index (Phi) is 5.67. The molecule has 1 aromatic rings. The van der Waals surface area contributed by atoms with Crippen LogP contribution < -0.4 is 10.2 Å². The smallest absolute Gasteiger partial charge is 0.0482 e. The SMILES string of the molecule is CCNC1CCN(CCCOCC)c2ccccc21. The second-order valence-electron chi connectivity index (χ2n) is 5.00. The summed E-state index contributed by atoms with van der Waals surface area (Å²) in [5.74, 6) is 0. The van der Waals surface area contributed by atoms with Crippen molar-refractivity contribution >= 4 is 5.69 Å². The molecule has 1 aromatic carbocycles. The van der Waals surface area contributed by atoms with Crippen molar-refractivity contribution in [1.82, 2.24) is 5.32 Å². The van der Waals surface area contributed by atoms with Crippen molar-refractivity contribution in [3.63, 3.8) is 0 Å². The molecule has 0 fully saturated rings. The third-order valence-electron chi connectivity index (χ3n) is 3.71. The molecule has 0 saturated carbocycles. The number of rotatable bonds is 7. The van der Waals surface area contributed by atoms with E-state index in [1.165, 1.54) is 17.7 Å². The van der Waals surface area contributed by atoms with Gasteiger partial charge in [0, 0.05) is 38.0 Å². The Balaban J connectivity index is 2.01. The minimum atomic E-state index is 0.518. The van der Waals surface area contributed by atoms with E-state index in [1.54, 1.807) is 0 Å². The lowest BCUT2D eigenvalue weighted by Crippen LogP contribution is -2.36. The highest BCUT2D eigenvalue weighted by Crippen LogP contribution is 2.33. The van der Waals surface area contributed by atoms with Gasteiger partial charge in [-0.15, -0.1) is 0 Å². The Morgan fingerprint density at radius 1 is 1.32 bits per heavy atom. The Morgan fingerprint density at radius 2 is 2.16 bits per heavy atom. The summed E-state index contributed by atoms with van der Waals surface area (Å²) in [6.45, 7) is 9.18. The van der Waals surface area contributed by atoms with Gasteiger partial charge >= 0.3 is 0 Å². The zero-order valence-electron chi connectivity index (χ0n) is 12.2. The van der Waals surface area contributed by atoms with E-state index in [2.05, 4.69) is 48.3 Å². The molecule has 0 aromatic heterocycles. The van der Waals surface area contributed by atoms with Gasteiger partial charge in [-0.3, -0.25) is 0 Å². The lowest BCUT2D eigenvalue weighted by Gasteiger charge is -2.36. The van der Waals surface area contributed by atoms with E-state index in [9.17, 15) is 0 Å². The van der Waals surface area contributed by atoms with Crippen LogP contribution in [0.2, 0.25) is 0 Å². The highest BCUT2D eigenvalue weighted by molar-refractivity contribution is 5.56. The number of anilines is 1.